The molecular formula is C27H22N6O2. The lowest BCUT2D eigenvalue weighted by Gasteiger charge is -2.15. The first-order chi connectivity index (χ1) is 17.1. The zero-order chi connectivity index (χ0) is 24.2. The van der Waals surface area contributed by atoms with Crippen LogP contribution in [0.25, 0.3) is 11.5 Å². The predicted molar refractivity (Wildman–Crippen MR) is 132 cm³/mol. The number of fused-ring (bicyclic) bond motifs is 1. The number of anilines is 1. The molecule has 5 rings (SSSR count). The number of benzene rings is 2. The topological polar surface area (TPSA) is 93.1 Å². The van der Waals surface area contributed by atoms with Crippen molar-refractivity contribution in [1.29, 1.82) is 0 Å². The Morgan fingerprint density at radius 2 is 1.74 bits per heavy atom. The molecule has 35 heavy (non-hydrogen) atoms. The van der Waals surface area contributed by atoms with Crippen LogP contribution in [0.4, 0.5) is 5.95 Å². The van der Waals surface area contributed by atoms with Crippen molar-refractivity contribution in [2.24, 2.45) is 0 Å². The number of nitrogens with zero attached hydrogens (tertiary/aromatic N) is 5. The fourth-order valence-corrected chi connectivity index (χ4v) is 3.80. The molecule has 0 spiro atoms. The van der Waals surface area contributed by atoms with Crippen LogP contribution in [0.15, 0.2) is 67.0 Å². The van der Waals surface area contributed by atoms with E-state index >= 15 is 0 Å². The van der Waals surface area contributed by atoms with Crippen molar-refractivity contribution in [2.45, 2.75) is 13.1 Å². The molecule has 8 heteroatoms. The van der Waals surface area contributed by atoms with E-state index in [2.05, 4.69) is 49.1 Å². The first-order valence-electron chi connectivity index (χ1n) is 11.0. The van der Waals surface area contributed by atoms with E-state index in [1.807, 2.05) is 6.07 Å². The second-order valence-corrected chi connectivity index (χ2v) is 7.90. The summed E-state index contributed by atoms with van der Waals surface area (Å²) < 4.78 is 5.34. The smallest absolute Gasteiger partial charge is 0.251 e. The lowest BCUT2D eigenvalue weighted by atomic mass is 10.1. The molecule has 1 aliphatic rings. The molecule has 0 fully saturated rings. The molecule has 0 atom stereocenters. The number of hydrogen-bond donors (Lipinski definition) is 1. The van der Waals surface area contributed by atoms with E-state index in [1.54, 1.807) is 62.9 Å². The van der Waals surface area contributed by atoms with Gasteiger partial charge in [0.1, 0.15) is 17.1 Å². The van der Waals surface area contributed by atoms with Crippen molar-refractivity contribution in [2.75, 3.05) is 19.1 Å². The van der Waals surface area contributed by atoms with Crippen LogP contribution < -0.4 is 15.0 Å². The average molecular weight is 463 g/mol. The average Bonchev–Trinajstić information content (AvgIpc) is 3.35. The fourth-order valence-electron chi connectivity index (χ4n) is 3.80. The van der Waals surface area contributed by atoms with Gasteiger partial charge < -0.3 is 15.0 Å². The maximum Gasteiger partial charge on any atom is 0.251 e. The highest BCUT2D eigenvalue weighted by atomic mass is 16.5. The standard InChI is InChI=1S/C27H22N6O2/c1-28-26(34)19-6-3-18(4-7-19)5-9-22-11-13-29-25(31-22)24-12-14-30-27(32-24)33-16-20-8-10-23(35-2)15-21(20)17-33/h3-4,6-8,10-15H,16-17H2,1-2H3,(H,28,34). The van der Waals surface area contributed by atoms with E-state index in [4.69, 9.17) is 9.72 Å². The summed E-state index contributed by atoms with van der Waals surface area (Å²) >= 11 is 0. The van der Waals surface area contributed by atoms with Gasteiger partial charge in [-0.2, -0.15) is 0 Å². The third-order valence-electron chi connectivity index (χ3n) is 5.66. The molecule has 1 aliphatic heterocycles. The first-order valence-corrected chi connectivity index (χ1v) is 11.0. The number of amides is 1. The summed E-state index contributed by atoms with van der Waals surface area (Å²) in [6.07, 6.45) is 3.39. The lowest BCUT2D eigenvalue weighted by Crippen LogP contribution is -2.17. The molecular weight excluding hydrogens is 440 g/mol. The second kappa shape index (κ2) is 9.61. The zero-order valence-electron chi connectivity index (χ0n) is 19.3. The molecule has 2 aromatic carbocycles. The minimum Gasteiger partial charge on any atom is -0.497 e. The van der Waals surface area contributed by atoms with Crippen LogP contribution in [0, 0.1) is 11.8 Å². The van der Waals surface area contributed by atoms with Crippen LogP contribution >= 0.6 is 0 Å². The van der Waals surface area contributed by atoms with E-state index in [1.165, 1.54) is 11.1 Å². The molecule has 0 aliphatic carbocycles. The van der Waals surface area contributed by atoms with Gasteiger partial charge in [-0.05, 0) is 65.6 Å². The second-order valence-electron chi connectivity index (χ2n) is 7.90. The van der Waals surface area contributed by atoms with Crippen molar-refractivity contribution in [3.63, 3.8) is 0 Å². The summed E-state index contributed by atoms with van der Waals surface area (Å²) in [6, 6.07) is 16.7. The van der Waals surface area contributed by atoms with Crippen LogP contribution in [-0.4, -0.2) is 40.0 Å². The SMILES string of the molecule is CNC(=O)c1ccc(C#Cc2ccnc(-c3ccnc(N4Cc5ccc(OC)cc5C4)n3)n2)cc1. The van der Waals surface area contributed by atoms with Gasteiger partial charge >= 0.3 is 0 Å². The Morgan fingerprint density at radius 1 is 0.943 bits per heavy atom. The molecule has 0 saturated carbocycles. The largest absolute Gasteiger partial charge is 0.497 e. The third kappa shape index (κ3) is 4.80. The molecule has 0 radical (unpaired) electrons. The molecule has 172 valence electrons. The molecule has 0 bridgehead atoms. The molecule has 3 heterocycles. The van der Waals surface area contributed by atoms with Crippen LogP contribution in [0.1, 0.15) is 32.7 Å². The van der Waals surface area contributed by atoms with E-state index in [0.717, 1.165) is 17.9 Å². The maximum atomic E-state index is 11.7. The highest BCUT2D eigenvalue weighted by Crippen LogP contribution is 2.29. The minimum atomic E-state index is -0.133. The van der Waals surface area contributed by atoms with Gasteiger partial charge in [-0.1, -0.05) is 12.0 Å². The quantitative estimate of drug-likeness (QED) is 0.466. The van der Waals surface area contributed by atoms with Gasteiger partial charge in [0, 0.05) is 43.7 Å². The number of methoxy groups -OCH3 is 1. The molecule has 0 saturated heterocycles. The van der Waals surface area contributed by atoms with Crippen molar-refractivity contribution in [1.82, 2.24) is 25.3 Å². The van der Waals surface area contributed by atoms with Crippen molar-refractivity contribution in [3.05, 3.63) is 94.9 Å². The molecule has 4 aromatic rings. The number of carbonyl (C=O) groups excluding carboxylic acids is 1. The number of nitrogens with one attached hydrogen (secondary N) is 1. The summed E-state index contributed by atoms with van der Waals surface area (Å²) in [5, 5.41) is 2.60. The van der Waals surface area contributed by atoms with Gasteiger partial charge in [0.05, 0.1) is 7.11 Å². The minimum absolute atomic E-state index is 0.133. The Hall–Kier alpha value is -4.77. The van der Waals surface area contributed by atoms with Gasteiger partial charge in [0.25, 0.3) is 5.91 Å². The summed E-state index contributed by atoms with van der Waals surface area (Å²) in [6.45, 7) is 1.44. The third-order valence-corrected chi connectivity index (χ3v) is 5.66. The number of aromatic nitrogens is 4. The maximum absolute atomic E-state index is 11.7. The Bertz CT molecular complexity index is 1460. The predicted octanol–water partition coefficient (Wildman–Crippen LogP) is 3.22. The van der Waals surface area contributed by atoms with Crippen LogP contribution in [0.3, 0.4) is 0 Å². The van der Waals surface area contributed by atoms with Gasteiger partial charge in [0.2, 0.25) is 5.95 Å². The number of hydrogen-bond acceptors (Lipinski definition) is 7. The molecule has 2 aromatic heterocycles. The number of carbonyl (C=O) groups is 1. The van der Waals surface area contributed by atoms with E-state index in [0.29, 0.717) is 35.3 Å². The summed E-state index contributed by atoms with van der Waals surface area (Å²) in [7, 11) is 3.27. The van der Waals surface area contributed by atoms with Crippen LogP contribution in [-0.2, 0) is 13.1 Å². The van der Waals surface area contributed by atoms with Crippen molar-refractivity contribution < 1.29 is 9.53 Å². The van der Waals surface area contributed by atoms with Gasteiger partial charge in [0.15, 0.2) is 5.82 Å². The Labute approximate surface area is 203 Å². The molecule has 0 unspecified atom stereocenters. The summed E-state index contributed by atoms with van der Waals surface area (Å²) in [5.74, 6) is 7.94. The molecule has 1 N–H and O–H groups in total. The number of rotatable bonds is 4. The first kappa shape index (κ1) is 22.0. The normalized spacial score (nSPS) is 11.9. The van der Waals surface area contributed by atoms with Gasteiger partial charge in [-0.25, -0.2) is 19.9 Å². The van der Waals surface area contributed by atoms with Gasteiger partial charge in [-0.15, -0.1) is 0 Å². The Kier molecular flexibility index (Phi) is 6.05. The van der Waals surface area contributed by atoms with E-state index < -0.39 is 0 Å². The molecule has 8 nitrogen and oxygen atoms in total. The van der Waals surface area contributed by atoms with E-state index in [9.17, 15) is 4.79 Å². The molecule has 1 amide bonds. The highest BCUT2D eigenvalue weighted by Gasteiger charge is 2.22. The van der Waals surface area contributed by atoms with Crippen LogP contribution in [0.2, 0.25) is 0 Å². The zero-order valence-corrected chi connectivity index (χ0v) is 19.3. The monoisotopic (exact) mass is 462 g/mol. The summed E-state index contributed by atoms with van der Waals surface area (Å²) in [4.78, 5) is 31.9. The van der Waals surface area contributed by atoms with Gasteiger partial charge in [-0.3, -0.25) is 4.79 Å². The highest BCUT2D eigenvalue weighted by molar-refractivity contribution is 5.94. The van der Waals surface area contributed by atoms with Crippen molar-refractivity contribution >= 4 is 11.9 Å². The van der Waals surface area contributed by atoms with Crippen LogP contribution in [0.5, 0.6) is 5.75 Å². The fraction of sp³-hybridized carbons (Fsp3) is 0.148. The lowest BCUT2D eigenvalue weighted by molar-refractivity contribution is 0.0963. The van der Waals surface area contributed by atoms with Crippen molar-refractivity contribution in [3.8, 4) is 29.1 Å². The Morgan fingerprint density at radius 3 is 2.54 bits per heavy atom. The Balaban J connectivity index is 1.35. The van der Waals surface area contributed by atoms with E-state index in [-0.39, 0.29) is 5.91 Å². The number of ether oxygens (including phenoxy) is 1. The summed E-state index contributed by atoms with van der Waals surface area (Å²) in [5.41, 5.74) is 5.01.